The molecule has 9 nitrogen and oxygen atoms in total. The normalized spacial score (nSPS) is 21.1. The lowest BCUT2D eigenvalue weighted by atomic mass is 9.91. The molecule has 0 saturated carbocycles. The first kappa shape index (κ1) is 30.8. The number of hydrogen-bond donors (Lipinski definition) is 0. The smallest absolute Gasteiger partial charge is 0.411 e. The Bertz CT molecular complexity index is 1420. The van der Waals surface area contributed by atoms with Gasteiger partial charge in [0.05, 0.1) is 6.61 Å². The van der Waals surface area contributed by atoms with Crippen LogP contribution in [0.15, 0.2) is 91.0 Å². The Labute approximate surface area is 257 Å². The maximum absolute atomic E-state index is 14.3. The first-order valence-corrected chi connectivity index (χ1v) is 15.2. The summed E-state index contributed by atoms with van der Waals surface area (Å²) in [6.45, 7) is 2.26. The number of benzene rings is 3. The number of rotatable bonds is 10. The van der Waals surface area contributed by atoms with Crippen LogP contribution >= 0.6 is 0 Å². The van der Waals surface area contributed by atoms with Gasteiger partial charge in [0.25, 0.3) is 0 Å². The maximum Gasteiger partial charge on any atom is 0.411 e. The van der Waals surface area contributed by atoms with Crippen molar-refractivity contribution >= 4 is 23.9 Å². The largest absolute Gasteiger partial charge is 0.464 e. The Hall–Kier alpha value is -4.66. The fraction of sp³-hybridized carbons (Fsp3) is 0.371. The van der Waals surface area contributed by atoms with Crippen LogP contribution in [-0.2, 0) is 48.2 Å². The van der Waals surface area contributed by atoms with Gasteiger partial charge in [-0.1, -0.05) is 91.0 Å². The zero-order chi connectivity index (χ0) is 30.9. The van der Waals surface area contributed by atoms with Crippen molar-refractivity contribution in [3.63, 3.8) is 0 Å². The minimum atomic E-state index is -1.03. The molecule has 0 aromatic heterocycles. The minimum Gasteiger partial charge on any atom is -0.464 e. The molecule has 2 fully saturated rings. The molecule has 0 aliphatic carbocycles. The van der Waals surface area contributed by atoms with E-state index in [4.69, 9.17) is 14.2 Å². The van der Waals surface area contributed by atoms with E-state index in [0.29, 0.717) is 25.8 Å². The zero-order valence-electron chi connectivity index (χ0n) is 24.9. The van der Waals surface area contributed by atoms with E-state index < -0.39 is 48.0 Å². The highest BCUT2D eigenvalue weighted by Gasteiger charge is 2.54. The molecule has 3 aromatic carbocycles. The highest BCUT2D eigenvalue weighted by atomic mass is 16.6. The molecule has 2 heterocycles. The van der Waals surface area contributed by atoms with Crippen LogP contribution in [0.5, 0.6) is 0 Å². The fourth-order valence-corrected chi connectivity index (χ4v) is 6.14. The van der Waals surface area contributed by atoms with E-state index in [1.807, 2.05) is 91.0 Å². The Morgan fingerprint density at radius 2 is 1.27 bits per heavy atom. The van der Waals surface area contributed by atoms with Gasteiger partial charge in [-0.2, -0.15) is 0 Å². The summed E-state index contributed by atoms with van der Waals surface area (Å²) in [6.07, 6.45) is 0.984. The summed E-state index contributed by atoms with van der Waals surface area (Å²) < 4.78 is 16.7. The SMILES string of the molecule is CCOC(=O)[C@@H]1[C@@H](Cc2ccccc2)C[C@@H](C(=O)N2CCCC2C(=O)OCc2ccccc2)N1C(=O)OCc1ccccc1. The van der Waals surface area contributed by atoms with E-state index >= 15 is 0 Å². The summed E-state index contributed by atoms with van der Waals surface area (Å²) in [5, 5.41) is 0. The third kappa shape index (κ3) is 7.27. The Morgan fingerprint density at radius 3 is 1.86 bits per heavy atom. The molecule has 44 heavy (non-hydrogen) atoms. The van der Waals surface area contributed by atoms with E-state index in [2.05, 4.69) is 0 Å². The highest BCUT2D eigenvalue weighted by Crippen LogP contribution is 2.36. The fourth-order valence-electron chi connectivity index (χ4n) is 6.14. The summed E-state index contributed by atoms with van der Waals surface area (Å²) in [6, 6.07) is 25.4. The number of hydrogen-bond acceptors (Lipinski definition) is 7. The van der Waals surface area contributed by atoms with E-state index in [0.717, 1.165) is 16.7 Å². The molecule has 4 atom stereocenters. The molecule has 230 valence electrons. The second-order valence-corrected chi connectivity index (χ2v) is 11.1. The van der Waals surface area contributed by atoms with Crippen LogP contribution in [0.4, 0.5) is 4.79 Å². The summed E-state index contributed by atoms with van der Waals surface area (Å²) in [5.41, 5.74) is 2.60. The molecule has 5 rings (SSSR count). The number of nitrogens with zero attached hydrogens (tertiary/aromatic N) is 2. The summed E-state index contributed by atoms with van der Waals surface area (Å²) in [4.78, 5) is 57.4. The first-order valence-electron chi connectivity index (χ1n) is 15.2. The van der Waals surface area contributed by atoms with Gasteiger partial charge in [0.15, 0.2) is 0 Å². The Balaban J connectivity index is 1.40. The molecular weight excluding hydrogens is 560 g/mol. The van der Waals surface area contributed by atoms with Crippen molar-refractivity contribution in [1.82, 2.24) is 9.80 Å². The van der Waals surface area contributed by atoms with Crippen molar-refractivity contribution < 1.29 is 33.4 Å². The lowest BCUT2D eigenvalue weighted by Gasteiger charge is -2.32. The molecule has 9 heteroatoms. The highest BCUT2D eigenvalue weighted by molar-refractivity contribution is 5.93. The Kier molecular flexibility index (Phi) is 10.3. The quantitative estimate of drug-likeness (QED) is 0.241. The van der Waals surface area contributed by atoms with Gasteiger partial charge in [0.2, 0.25) is 5.91 Å². The number of esters is 2. The van der Waals surface area contributed by atoms with Crippen molar-refractivity contribution in [3.8, 4) is 0 Å². The van der Waals surface area contributed by atoms with Gasteiger partial charge < -0.3 is 19.1 Å². The summed E-state index contributed by atoms with van der Waals surface area (Å²) >= 11 is 0. The van der Waals surface area contributed by atoms with Gasteiger partial charge in [0, 0.05) is 6.54 Å². The summed E-state index contributed by atoms with van der Waals surface area (Å²) in [7, 11) is 0. The second kappa shape index (κ2) is 14.7. The van der Waals surface area contributed by atoms with Gasteiger partial charge in [-0.3, -0.25) is 9.69 Å². The van der Waals surface area contributed by atoms with Crippen LogP contribution in [0.3, 0.4) is 0 Å². The average Bonchev–Trinajstić information content (AvgIpc) is 3.70. The number of amides is 2. The average molecular weight is 599 g/mol. The first-order chi connectivity index (χ1) is 21.5. The third-order valence-electron chi connectivity index (χ3n) is 8.21. The third-order valence-corrected chi connectivity index (χ3v) is 8.21. The van der Waals surface area contributed by atoms with Crippen molar-refractivity contribution in [2.75, 3.05) is 13.2 Å². The molecule has 2 saturated heterocycles. The number of carbonyl (C=O) groups excluding carboxylic acids is 4. The van der Waals surface area contributed by atoms with Crippen LogP contribution < -0.4 is 0 Å². The van der Waals surface area contributed by atoms with Crippen LogP contribution in [0.1, 0.15) is 42.9 Å². The minimum absolute atomic E-state index is 0.0197. The van der Waals surface area contributed by atoms with E-state index in [1.165, 1.54) is 9.80 Å². The molecule has 3 aromatic rings. The van der Waals surface area contributed by atoms with E-state index in [-0.39, 0.29) is 26.2 Å². The van der Waals surface area contributed by atoms with Crippen LogP contribution in [0, 0.1) is 5.92 Å². The topological polar surface area (TPSA) is 102 Å². The van der Waals surface area contributed by atoms with Gasteiger partial charge in [-0.15, -0.1) is 0 Å². The molecular formula is C35H38N2O7. The Morgan fingerprint density at radius 1 is 0.705 bits per heavy atom. The van der Waals surface area contributed by atoms with E-state index in [1.54, 1.807) is 6.92 Å². The lowest BCUT2D eigenvalue weighted by molar-refractivity contribution is -0.156. The number of likely N-dealkylation sites (tertiary alicyclic amines) is 2. The van der Waals surface area contributed by atoms with Crippen molar-refractivity contribution in [2.24, 2.45) is 5.92 Å². The van der Waals surface area contributed by atoms with Gasteiger partial charge in [-0.05, 0) is 55.2 Å². The van der Waals surface area contributed by atoms with Crippen molar-refractivity contribution in [2.45, 2.75) is 63.9 Å². The van der Waals surface area contributed by atoms with Gasteiger partial charge in [-0.25, -0.2) is 14.4 Å². The molecule has 2 amide bonds. The van der Waals surface area contributed by atoms with Crippen LogP contribution in [0.25, 0.3) is 0 Å². The number of carbonyl (C=O) groups is 4. The summed E-state index contributed by atoms with van der Waals surface area (Å²) in [5.74, 6) is -1.87. The van der Waals surface area contributed by atoms with Crippen molar-refractivity contribution in [1.29, 1.82) is 0 Å². The molecule has 0 N–H and O–H groups in total. The molecule has 0 spiro atoms. The molecule has 0 radical (unpaired) electrons. The van der Waals surface area contributed by atoms with Gasteiger partial charge in [0.1, 0.15) is 31.3 Å². The monoisotopic (exact) mass is 598 g/mol. The predicted molar refractivity (Wildman–Crippen MR) is 162 cm³/mol. The lowest BCUT2D eigenvalue weighted by Crippen LogP contribution is -2.54. The maximum atomic E-state index is 14.3. The molecule has 2 aliphatic rings. The number of ether oxygens (including phenoxy) is 3. The standard InChI is InChI=1S/C35H38N2O7/c1-2-42-34(40)31-28(21-25-13-6-3-7-14-25)22-30(37(31)35(41)44-24-27-17-10-5-11-18-27)32(38)36-20-12-19-29(36)33(39)43-23-26-15-8-4-9-16-26/h3-11,13-18,28-31H,2,12,19-24H2,1H3/t28-,29?,30-,31-/m0/s1. The van der Waals surface area contributed by atoms with Crippen molar-refractivity contribution in [3.05, 3.63) is 108 Å². The molecule has 2 aliphatic heterocycles. The van der Waals surface area contributed by atoms with Crippen LogP contribution in [0.2, 0.25) is 0 Å². The van der Waals surface area contributed by atoms with Gasteiger partial charge >= 0.3 is 18.0 Å². The zero-order valence-corrected chi connectivity index (χ0v) is 24.9. The molecule has 1 unspecified atom stereocenters. The predicted octanol–water partition coefficient (Wildman–Crippen LogP) is 4.92. The second-order valence-electron chi connectivity index (χ2n) is 11.1. The van der Waals surface area contributed by atoms with Crippen LogP contribution in [-0.4, -0.2) is 65.0 Å². The van der Waals surface area contributed by atoms with E-state index in [9.17, 15) is 19.2 Å². The molecule has 0 bridgehead atoms.